The first-order valence-corrected chi connectivity index (χ1v) is 10.5. The van der Waals surface area contributed by atoms with Gasteiger partial charge in [0.15, 0.2) is 0 Å². The number of nitrogens with one attached hydrogen (secondary N) is 1. The molecule has 0 spiro atoms. The lowest BCUT2D eigenvalue weighted by Gasteiger charge is -2.22. The van der Waals surface area contributed by atoms with Crippen molar-refractivity contribution in [1.82, 2.24) is 0 Å². The molecular formula is C16H20N2O4S2. The minimum Gasteiger partial charge on any atom is -0.284 e. The molecule has 24 heavy (non-hydrogen) atoms. The number of hydrogen-bond donors (Lipinski definition) is 1. The molecule has 2 rings (SSSR count). The summed E-state index contributed by atoms with van der Waals surface area (Å²) in [6, 6.07) is 11.3. The highest BCUT2D eigenvalue weighted by Crippen LogP contribution is 2.28. The van der Waals surface area contributed by atoms with E-state index in [2.05, 4.69) is 4.72 Å². The first-order chi connectivity index (χ1) is 11.0. The van der Waals surface area contributed by atoms with Gasteiger partial charge in [-0.05, 0) is 49.7 Å². The molecule has 0 heterocycles. The third kappa shape index (κ3) is 4.07. The molecule has 0 atom stereocenters. The summed E-state index contributed by atoms with van der Waals surface area (Å²) in [5.41, 5.74) is 2.49. The number of benzene rings is 2. The summed E-state index contributed by atoms with van der Waals surface area (Å²) in [6.45, 7) is 3.61. The van der Waals surface area contributed by atoms with Crippen LogP contribution in [0.4, 0.5) is 11.4 Å². The van der Waals surface area contributed by atoms with E-state index in [4.69, 9.17) is 0 Å². The van der Waals surface area contributed by atoms with Crippen LogP contribution in [0.2, 0.25) is 0 Å². The average Bonchev–Trinajstić information content (AvgIpc) is 2.45. The number of rotatable bonds is 5. The monoisotopic (exact) mass is 368 g/mol. The van der Waals surface area contributed by atoms with Gasteiger partial charge in [0.1, 0.15) is 0 Å². The minimum absolute atomic E-state index is 0.202. The Morgan fingerprint density at radius 1 is 0.917 bits per heavy atom. The molecule has 0 fully saturated rings. The second-order valence-electron chi connectivity index (χ2n) is 5.66. The van der Waals surface area contributed by atoms with Crippen molar-refractivity contribution in [3.8, 4) is 0 Å². The van der Waals surface area contributed by atoms with E-state index < -0.39 is 20.0 Å². The molecular weight excluding hydrogens is 348 g/mol. The molecule has 0 saturated heterocycles. The Kier molecular flexibility index (Phi) is 4.91. The minimum atomic E-state index is -3.68. The fourth-order valence-corrected chi connectivity index (χ4v) is 4.10. The van der Waals surface area contributed by atoms with Crippen molar-refractivity contribution < 1.29 is 16.8 Å². The molecule has 0 saturated carbocycles. The van der Waals surface area contributed by atoms with Gasteiger partial charge >= 0.3 is 0 Å². The Morgan fingerprint density at radius 2 is 1.50 bits per heavy atom. The van der Waals surface area contributed by atoms with Crippen LogP contribution in [-0.4, -0.2) is 30.1 Å². The molecule has 0 bridgehead atoms. The summed E-state index contributed by atoms with van der Waals surface area (Å²) in [5, 5.41) is 0. The lowest BCUT2D eigenvalue weighted by molar-refractivity contribution is 0.594. The summed E-state index contributed by atoms with van der Waals surface area (Å²) in [7, 11) is -5.60. The maximum absolute atomic E-state index is 12.7. The molecule has 0 aromatic heterocycles. The summed E-state index contributed by atoms with van der Waals surface area (Å²) < 4.78 is 51.6. The van der Waals surface area contributed by atoms with Gasteiger partial charge in [0.2, 0.25) is 10.0 Å². The zero-order chi connectivity index (χ0) is 18.1. The number of sulfonamides is 2. The van der Waals surface area contributed by atoms with Crippen LogP contribution in [0, 0.1) is 13.8 Å². The molecule has 0 aliphatic rings. The van der Waals surface area contributed by atoms with Crippen molar-refractivity contribution in [3.63, 3.8) is 0 Å². The number of hydrogen-bond acceptors (Lipinski definition) is 4. The molecule has 6 nitrogen and oxygen atoms in total. The van der Waals surface area contributed by atoms with E-state index in [9.17, 15) is 16.8 Å². The number of aryl methyl sites for hydroxylation is 2. The highest BCUT2D eigenvalue weighted by Gasteiger charge is 2.22. The lowest BCUT2D eigenvalue weighted by Crippen LogP contribution is -2.27. The van der Waals surface area contributed by atoms with E-state index >= 15 is 0 Å². The zero-order valence-corrected chi connectivity index (χ0v) is 15.6. The van der Waals surface area contributed by atoms with Crippen molar-refractivity contribution in [2.45, 2.75) is 18.7 Å². The fraction of sp³-hybridized carbons (Fsp3) is 0.250. The molecule has 0 radical (unpaired) electrons. The van der Waals surface area contributed by atoms with Crippen LogP contribution in [0.5, 0.6) is 0 Å². The molecule has 0 unspecified atom stereocenters. The van der Waals surface area contributed by atoms with Crippen LogP contribution >= 0.6 is 0 Å². The van der Waals surface area contributed by atoms with Gasteiger partial charge < -0.3 is 0 Å². The van der Waals surface area contributed by atoms with E-state index in [1.807, 2.05) is 6.92 Å². The molecule has 0 aliphatic carbocycles. The number of nitrogens with zero attached hydrogens (tertiary/aromatic N) is 1. The Balaban J connectivity index is 2.38. The molecule has 0 aliphatic heterocycles. The van der Waals surface area contributed by atoms with Gasteiger partial charge in [0.05, 0.1) is 16.8 Å². The van der Waals surface area contributed by atoms with Crippen LogP contribution in [0.15, 0.2) is 47.4 Å². The van der Waals surface area contributed by atoms with Gasteiger partial charge in [-0.1, -0.05) is 17.7 Å². The van der Waals surface area contributed by atoms with E-state index in [0.717, 1.165) is 11.8 Å². The molecule has 2 aromatic rings. The zero-order valence-electron chi connectivity index (χ0n) is 13.9. The topological polar surface area (TPSA) is 83.6 Å². The van der Waals surface area contributed by atoms with E-state index in [0.29, 0.717) is 16.9 Å². The lowest BCUT2D eigenvalue weighted by atomic mass is 10.2. The van der Waals surface area contributed by atoms with E-state index in [1.165, 1.54) is 17.4 Å². The Bertz CT molecular complexity index is 950. The van der Waals surface area contributed by atoms with Gasteiger partial charge in [-0.25, -0.2) is 16.8 Å². The molecule has 1 N–H and O–H groups in total. The maximum atomic E-state index is 12.7. The van der Waals surface area contributed by atoms with Gasteiger partial charge in [0, 0.05) is 12.7 Å². The second-order valence-corrected chi connectivity index (χ2v) is 9.38. The summed E-state index contributed by atoms with van der Waals surface area (Å²) in [6.07, 6.45) is 1.06. The summed E-state index contributed by atoms with van der Waals surface area (Å²) in [4.78, 5) is 0.202. The number of anilines is 2. The van der Waals surface area contributed by atoms with E-state index in [-0.39, 0.29) is 4.90 Å². The first-order valence-electron chi connectivity index (χ1n) is 7.15. The van der Waals surface area contributed by atoms with Crippen LogP contribution < -0.4 is 9.03 Å². The Labute approximate surface area is 143 Å². The standard InChI is InChI=1S/C16H20N2O4S2/c1-12-5-8-15(9-6-12)24(21,22)18(3)16-10-7-14(11-13(16)2)17-23(4,19)20/h5-11,17H,1-4H3. The third-order valence-electron chi connectivity index (χ3n) is 3.52. The smallest absolute Gasteiger partial charge is 0.264 e. The third-order valence-corrected chi connectivity index (χ3v) is 5.91. The summed E-state index contributed by atoms with van der Waals surface area (Å²) in [5.74, 6) is 0. The highest BCUT2D eigenvalue weighted by molar-refractivity contribution is 7.92. The first kappa shape index (κ1) is 18.3. The quantitative estimate of drug-likeness (QED) is 0.879. The van der Waals surface area contributed by atoms with Crippen molar-refractivity contribution >= 4 is 31.4 Å². The van der Waals surface area contributed by atoms with Crippen LogP contribution in [0.1, 0.15) is 11.1 Å². The normalized spacial score (nSPS) is 12.0. The largest absolute Gasteiger partial charge is 0.284 e. The van der Waals surface area contributed by atoms with Crippen LogP contribution in [0.3, 0.4) is 0 Å². The van der Waals surface area contributed by atoms with Crippen LogP contribution in [0.25, 0.3) is 0 Å². The van der Waals surface area contributed by atoms with Gasteiger partial charge in [-0.15, -0.1) is 0 Å². The molecule has 8 heteroatoms. The van der Waals surface area contributed by atoms with Crippen LogP contribution in [-0.2, 0) is 20.0 Å². The van der Waals surface area contributed by atoms with Crippen molar-refractivity contribution in [1.29, 1.82) is 0 Å². The molecule has 130 valence electrons. The van der Waals surface area contributed by atoms with Crippen molar-refractivity contribution in [3.05, 3.63) is 53.6 Å². The van der Waals surface area contributed by atoms with Gasteiger partial charge in [0.25, 0.3) is 10.0 Å². The van der Waals surface area contributed by atoms with Crippen molar-refractivity contribution in [2.75, 3.05) is 22.3 Å². The molecule has 0 amide bonds. The maximum Gasteiger partial charge on any atom is 0.264 e. The SMILES string of the molecule is Cc1ccc(S(=O)(=O)N(C)c2ccc(NS(C)(=O)=O)cc2C)cc1. The van der Waals surface area contributed by atoms with Crippen molar-refractivity contribution in [2.24, 2.45) is 0 Å². The molecule has 2 aromatic carbocycles. The fourth-order valence-electron chi connectivity index (χ4n) is 2.28. The average molecular weight is 368 g/mol. The summed E-state index contributed by atoms with van der Waals surface area (Å²) >= 11 is 0. The Morgan fingerprint density at radius 3 is 2.00 bits per heavy atom. The predicted molar refractivity (Wildman–Crippen MR) is 96.4 cm³/mol. The second kappa shape index (κ2) is 6.45. The van der Waals surface area contributed by atoms with E-state index in [1.54, 1.807) is 43.3 Å². The Hall–Kier alpha value is -2.06. The predicted octanol–water partition coefficient (Wildman–Crippen LogP) is 2.50. The van der Waals surface area contributed by atoms with Gasteiger partial charge in [-0.2, -0.15) is 0 Å². The van der Waals surface area contributed by atoms with Gasteiger partial charge in [-0.3, -0.25) is 9.03 Å². The highest BCUT2D eigenvalue weighted by atomic mass is 32.2.